The third kappa shape index (κ3) is 5.90. The Morgan fingerprint density at radius 1 is 0.875 bits per heavy atom. The molecule has 5 heteroatoms. The van der Waals surface area contributed by atoms with Gasteiger partial charge in [-0.05, 0) is 41.8 Å². The van der Waals surface area contributed by atoms with Gasteiger partial charge in [-0.15, -0.1) is 0 Å². The molecule has 0 amide bonds. The summed E-state index contributed by atoms with van der Waals surface area (Å²) in [4.78, 5) is 4.87. The van der Waals surface area contributed by atoms with Crippen LogP contribution in [0.1, 0.15) is 22.7 Å². The summed E-state index contributed by atoms with van der Waals surface area (Å²) in [7, 11) is 0. The van der Waals surface area contributed by atoms with Crippen molar-refractivity contribution in [3.63, 3.8) is 0 Å². The minimum atomic E-state index is -0.532. The molecule has 0 aromatic heterocycles. The molecule has 0 radical (unpaired) electrons. The summed E-state index contributed by atoms with van der Waals surface area (Å²) in [5, 5.41) is 11.2. The van der Waals surface area contributed by atoms with E-state index in [1.54, 1.807) is 0 Å². The number of nitrogens with zero attached hydrogens (tertiary/aromatic N) is 2. The maximum absolute atomic E-state index is 10.5. The van der Waals surface area contributed by atoms with Gasteiger partial charge in [0.05, 0.1) is 6.04 Å². The fourth-order valence-corrected chi connectivity index (χ4v) is 4.63. The summed E-state index contributed by atoms with van der Waals surface area (Å²) >= 11 is 6.01. The normalized spacial score (nSPS) is 16.2. The van der Waals surface area contributed by atoms with Gasteiger partial charge in [-0.25, -0.2) is 0 Å². The van der Waals surface area contributed by atoms with Crippen molar-refractivity contribution in [2.45, 2.75) is 19.1 Å². The molecule has 0 bridgehead atoms. The summed E-state index contributed by atoms with van der Waals surface area (Å²) in [6.07, 6.45) is -0.532. The van der Waals surface area contributed by atoms with Crippen LogP contribution in [0.5, 0.6) is 5.75 Å². The van der Waals surface area contributed by atoms with Gasteiger partial charge in [-0.2, -0.15) is 0 Å². The lowest BCUT2D eigenvalue weighted by Gasteiger charge is -2.40. The molecule has 1 aliphatic rings. The maximum Gasteiger partial charge on any atom is 0.122 e. The zero-order valence-corrected chi connectivity index (χ0v) is 19.3. The van der Waals surface area contributed by atoms with Crippen molar-refractivity contribution in [2.24, 2.45) is 0 Å². The fraction of sp³-hybridized carbons (Fsp3) is 0.333. The largest absolute Gasteiger partial charge is 0.491 e. The second kappa shape index (κ2) is 11.0. The van der Waals surface area contributed by atoms with Gasteiger partial charge in [0.2, 0.25) is 0 Å². The highest BCUT2D eigenvalue weighted by Gasteiger charge is 2.27. The molecule has 3 aromatic carbocycles. The Morgan fingerprint density at radius 3 is 2.03 bits per heavy atom. The maximum atomic E-state index is 10.5. The van der Waals surface area contributed by atoms with Gasteiger partial charge in [0.25, 0.3) is 0 Å². The van der Waals surface area contributed by atoms with Crippen molar-refractivity contribution in [3.05, 3.63) is 101 Å². The number of aliphatic hydroxyl groups excluding tert-OH is 1. The summed E-state index contributed by atoms with van der Waals surface area (Å²) < 4.78 is 5.82. The second-order valence-electron chi connectivity index (χ2n) is 8.44. The predicted octanol–water partition coefficient (Wildman–Crippen LogP) is 4.80. The van der Waals surface area contributed by atoms with Crippen LogP contribution in [0.15, 0.2) is 78.9 Å². The molecule has 3 aromatic rings. The Morgan fingerprint density at radius 2 is 1.47 bits per heavy atom. The molecule has 1 saturated heterocycles. The van der Waals surface area contributed by atoms with E-state index in [1.807, 2.05) is 25.1 Å². The van der Waals surface area contributed by atoms with Crippen molar-refractivity contribution < 1.29 is 9.84 Å². The number of hydrogen-bond acceptors (Lipinski definition) is 4. The van der Waals surface area contributed by atoms with Crippen LogP contribution >= 0.6 is 11.6 Å². The lowest BCUT2D eigenvalue weighted by Crippen LogP contribution is -2.50. The summed E-state index contributed by atoms with van der Waals surface area (Å²) in [6, 6.07) is 27.2. The molecule has 1 fully saturated rings. The summed E-state index contributed by atoms with van der Waals surface area (Å²) in [5.74, 6) is 0.770. The van der Waals surface area contributed by atoms with Crippen LogP contribution in [0.3, 0.4) is 0 Å². The fourth-order valence-electron chi connectivity index (χ4n) is 4.40. The number of piperazine rings is 1. The van der Waals surface area contributed by atoms with Crippen molar-refractivity contribution in [3.8, 4) is 5.75 Å². The molecule has 32 heavy (non-hydrogen) atoms. The number of aliphatic hydroxyl groups is 1. The SMILES string of the molecule is Cc1cc(Cl)ccc1OC[C@@H](O)CN1CCN(C(c2ccccc2)c2ccccc2)CC1. The number of hydrogen-bond donors (Lipinski definition) is 1. The van der Waals surface area contributed by atoms with Gasteiger partial charge >= 0.3 is 0 Å². The Bertz CT molecular complexity index is 936. The van der Waals surface area contributed by atoms with E-state index in [4.69, 9.17) is 16.3 Å². The van der Waals surface area contributed by atoms with Crippen LogP contribution in [0.4, 0.5) is 0 Å². The van der Waals surface area contributed by atoms with Gasteiger partial charge in [0.15, 0.2) is 0 Å². The molecule has 4 rings (SSSR count). The first-order valence-electron chi connectivity index (χ1n) is 11.2. The van der Waals surface area contributed by atoms with Gasteiger partial charge in [-0.1, -0.05) is 72.3 Å². The number of β-amino-alcohol motifs (C(OH)–C–C–N with tert-alkyl or cyclic N) is 1. The van der Waals surface area contributed by atoms with E-state index in [2.05, 4.69) is 70.5 Å². The molecule has 0 unspecified atom stereocenters. The third-order valence-electron chi connectivity index (χ3n) is 6.04. The number of ether oxygens (including phenoxy) is 1. The zero-order valence-electron chi connectivity index (χ0n) is 18.5. The van der Waals surface area contributed by atoms with Crippen molar-refractivity contribution in [2.75, 3.05) is 39.3 Å². The average Bonchev–Trinajstić information content (AvgIpc) is 2.81. The standard InChI is InChI=1S/C27H31ClN2O2/c1-21-18-24(28)12-13-26(21)32-20-25(31)19-29-14-16-30(17-15-29)27(22-8-4-2-5-9-22)23-10-6-3-7-11-23/h2-13,18,25,27,31H,14-17,19-20H2,1H3/t25-/m0/s1. The van der Waals surface area contributed by atoms with E-state index in [9.17, 15) is 5.11 Å². The van der Waals surface area contributed by atoms with Crippen LogP contribution in [-0.4, -0.2) is 60.3 Å². The Balaban J connectivity index is 1.32. The van der Waals surface area contributed by atoms with E-state index in [0.29, 0.717) is 11.6 Å². The van der Waals surface area contributed by atoms with Crippen LogP contribution in [0.2, 0.25) is 5.02 Å². The number of rotatable bonds is 8. The number of aryl methyl sites for hydroxylation is 1. The first-order valence-corrected chi connectivity index (χ1v) is 11.6. The molecule has 1 aliphatic heterocycles. The molecule has 0 saturated carbocycles. The van der Waals surface area contributed by atoms with Crippen molar-refractivity contribution >= 4 is 11.6 Å². The Hall–Kier alpha value is -2.37. The molecule has 1 N–H and O–H groups in total. The lowest BCUT2D eigenvalue weighted by atomic mass is 9.96. The van der Waals surface area contributed by atoms with Crippen molar-refractivity contribution in [1.82, 2.24) is 9.80 Å². The first kappa shape index (κ1) is 22.8. The Kier molecular flexibility index (Phi) is 7.82. The second-order valence-corrected chi connectivity index (χ2v) is 8.87. The molecule has 1 heterocycles. The minimum Gasteiger partial charge on any atom is -0.491 e. The van der Waals surface area contributed by atoms with Crippen LogP contribution in [0, 0.1) is 6.92 Å². The highest BCUT2D eigenvalue weighted by Crippen LogP contribution is 2.29. The summed E-state index contributed by atoms with van der Waals surface area (Å²) in [5.41, 5.74) is 3.61. The van der Waals surface area contributed by atoms with Crippen LogP contribution < -0.4 is 4.74 Å². The van der Waals surface area contributed by atoms with Crippen LogP contribution in [0.25, 0.3) is 0 Å². The van der Waals surface area contributed by atoms with Crippen molar-refractivity contribution in [1.29, 1.82) is 0 Å². The molecular formula is C27H31ClN2O2. The Labute approximate surface area is 196 Å². The summed E-state index contributed by atoms with van der Waals surface area (Å²) in [6.45, 7) is 6.61. The highest BCUT2D eigenvalue weighted by molar-refractivity contribution is 6.30. The molecule has 4 nitrogen and oxygen atoms in total. The molecule has 0 aliphatic carbocycles. The molecule has 1 atom stereocenters. The average molecular weight is 451 g/mol. The van der Waals surface area contributed by atoms with Gasteiger partial charge in [-0.3, -0.25) is 9.80 Å². The zero-order chi connectivity index (χ0) is 22.3. The van der Waals surface area contributed by atoms with E-state index in [-0.39, 0.29) is 12.6 Å². The number of benzene rings is 3. The predicted molar refractivity (Wildman–Crippen MR) is 130 cm³/mol. The lowest BCUT2D eigenvalue weighted by molar-refractivity contribution is 0.0399. The van der Waals surface area contributed by atoms with Gasteiger partial charge in [0, 0.05) is 37.7 Å². The van der Waals surface area contributed by atoms with Gasteiger partial charge in [0.1, 0.15) is 18.5 Å². The van der Waals surface area contributed by atoms with E-state index < -0.39 is 6.10 Å². The topological polar surface area (TPSA) is 35.9 Å². The monoisotopic (exact) mass is 450 g/mol. The molecule has 168 valence electrons. The third-order valence-corrected chi connectivity index (χ3v) is 6.27. The van der Waals surface area contributed by atoms with Gasteiger partial charge < -0.3 is 9.84 Å². The minimum absolute atomic E-state index is 0.251. The molecular weight excluding hydrogens is 420 g/mol. The quantitative estimate of drug-likeness (QED) is 0.535. The smallest absolute Gasteiger partial charge is 0.122 e. The first-order chi connectivity index (χ1) is 15.6. The highest BCUT2D eigenvalue weighted by atomic mass is 35.5. The number of halogens is 1. The van der Waals surface area contributed by atoms with E-state index in [1.165, 1.54) is 11.1 Å². The van der Waals surface area contributed by atoms with E-state index in [0.717, 1.165) is 37.5 Å². The van der Waals surface area contributed by atoms with Crippen LogP contribution in [-0.2, 0) is 0 Å². The van der Waals surface area contributed by atoms with E-state index >= 15 is 0 Å². The molecule has 0 spiro atoms.